The lowest BCUT2D eigenvalue weighted by Crippen LogP contribution is -2.16. The highest BCUT2D eigenvalue weighted by Gasteiger charge is 2.07. The summed E-state index contributed by atoms with van der Waals surface area (Å²) < 4.78 is 0. The Morgan fingerprint density at radius 1 is 1.67 bits per heavy atom. The fourth-order valence-corrected chi connectivity index (χ4v) is 1.02. The van der Waals surface area contributed by atoms with Crippen LogP contribution >= 0.6 is 0 Å². The van der Waals surface area contributed by atoms with Gasteiger partial charge in [0.05, 0.1) is 17.6 Å². The van der Waals surface area contributed by atoms with E-state index in [0.29, 0.717) is 5.69 Å². The van der Waals surface area contributed by atoms with E-state index in [0.717, 1.165) is 6.21 Å². The summed E-state index contributed by atoms with van der Waals surface area (Å²) in [6.07, 6.45) is 4.13. The molecule has 0 aliphatic heterocycles. The number of pyridine rings is 1. The van der Waals surface area contributed by atoms with Crippen LogP contribution in [0, 0.1) is 5.41 Å². The molecule has 0 amide bonds. The molecule has 0 aromatic carbocycles. The standard InChI is InChI=1S/C10H12N4O/c1-7(15)10(9(12)5-11)14-8-3-2-4-13-6-8/h2-6,11,14H,12H2,1H3/b10-9+,11-5?. The molecule has 0 spiro atoms. The molecule has 0 fully saturated rings. The number of hydrogen-bond acceptors (Lipinski definition) is 5. The van der Waals surface area contributed by atoms with Gasteiger partial charge in [-0.15, -0.1) is 0 Å². The average Bonchev–Trinajstić information content (AvgIpc) is 2.26. The van der Waals surface area contributed by atoms with Crippen LogP contribution < -0.4 is 11.1 Å². The first-order valence-corrected chi connectivity index (χ1v) is 4.33. The molecule has 0 saturated heterocycles. The molecule has 0 aliphatic carbocycles. The zero-order valence-electron chi connectivity index (χ0n) is 8.32. The highest BCUT2D eigenvalue weighted by molar-refractivity contribution is 6.01. The molecule has 0 aliphatic rings. The number of nitrogens with zero attached hydrogens (tertiary/aromatic N) is 1. The Balaban J connectivity index is 2.96. The molecule has 1 aromatic rings. The number of Topliss-reactive ketones (excluding diaryl/α,β-unsaturated/α-hetero) is 1. The lowest BCUT2D eigenvalue weighted by molar-refractivity contribution is -0.113. The maximum absolute atomic E-state index is 11.2. The van der Waals surface area contributed by atoms with E-state index >= 15 is 0 Å². The van der Waals surface area contributed by atoms with E-state index in [9.17, 15) is 4.79 Å². The summed E-state index contributed by atoms with van der Waals surface area (Å²) in [5, 5.41) is 9.80. The molecule has 15 heavy (non-hydrogen) atoms. The third kappa shape index (κ3) is 2.91. The molecule has 0 saturated carbocycles. The number of nitrogens with one attached hydrogen (secondary N) is 2. The summed E-state index contributed by atoms with van der Waals surface area (Å²) in [5.74, 6) is -0.222. The van der Waals surface area contributed by atoms with Crippen molar-refractivity contribution >= 4 is 17.7 Å². The van der Waals surface area contributed by atoms with Gasteiger partial charge in [-0.25, -0.2) is 0 Å². The number of rotatable bonds is 4. The molecule has 5 heteroatoms. The van der Waals surface area contributed by atoms with Crippen LogP contribution in [-0.2, 0) is 4.79 Å². The van der Waals surface area contributed by atoms with Crippen molar-refractivity contribution in [2.45, 2.75) is 6.92 Å². The first-order chi connectivity index (χ1) is 7.15. The van der Waals surface area contributed by atoms with E-state index in [4.69, 9.17) is 11.1 Å². The summed E-state index contributed by atoms with van der Waals surface area (Å²) in [6.45, 7) is 1.38. The monoisotopic (exact) mass is 204 g/mol. The van der Waals surface area contributed by atoms with Crippen molar-refractivity contribution in [3.05, 3.63) is 35.9 Å². The number of ketones is 1. The van der Waals surface area contributed by atoms with Gasteiger partial charge in [0.2, 0.25) is 0 Å². The second kappa shape index (κ2) is 4.90. The van der Waals surface area contributed by atoms with Gasteiger partial charge >= 0.3 is 0 Å². The molecule has 0 bridgehead atoms. The van der Waals surface area contributed by atoms with E-state index in [2.05, 4.69) is 10.3 Å². The van der Waals surface area contributed by atoms with Gasteiger partial charge < -0.3 is 16.5 Å². The average molecular weight is 204 g/mol. The predicted molar refractivity (Wildman–Crippen MR) is 58.5 cm³/mol. The van der Waals surface area contributed by atoms with Gasteiger partial charge in [-0.05, 0) is 12.1 Å². The number of allylic oxidation sites excluding steroid dienone is 2. The smallest absolute Gasteiger partial charge is 0.178 e. The van der Waals surface area contributed by atoms with Crippen LogP contribution in [0.2, 0.25) is 0 Å². The Labute approximate surface area is 87.5 Å². The van der Waals surface area contributed by atoms with E-state index in [1.54, 1.807) is 24.5 Å². The number of carbonyl (C=O) groups is 1. The van der Waals surface area contributed by atoms with Crippen molar-refractivity contribution in [1.82, 2.24) is 4.98 Å². The van der Waals surface area contributed by atoms with Gasteiger partial charge in [-0.1, -0.05) is 0 Å². The summed E-state index contributed by atoms with van der Waals surface area (Å²) >= 11 is 0. The zero-order valence-corrected chi connectivity index (χ0v) is 8.32. The minimum Gasteiger partial charge on any atom is -0.396 e. The molecular weight excluding hydrogens is 192 g/mol. The van der Waals surface area contributed by atoms with Crippen molar-refractivity contribution < 1.29 is 4.79 Å². The molecule has 5 nitrogen and oxygen atoms in total. The second-order valence-corrected chi connectivity index (χ2v) is 2.90. The molecule has 1 rings (SSSR count). The quantitative estimate of drug-likeness (QED) is 0.502. The highest BCUT2D eigenvalue weighted by Crippen LogP contribution is 2.09. The summed E-state index contributed by atoms with van der Waals surface area (Å²) in [6, 6.07) is 3.49. The number of nitrogens with two attached hydrogens (primary N) is 1. The normalized spacial score (nSPS) is 11.5. The van der Waals surface area contributed by atoms with Gasteiger partial charge in [0, 0.05) is 19.3 Å². The maximum atomic E-state index is 11.2. The topological polar surface area (TPSA) is 91.9 Å². The van der Waals surface area contributed by atoms with Gasteiger partial charge in [0.1, 0.15) is 5.70 Å². The molecule has 4 N–H and O–H groups in total. The Kier molecular flexibility index (Phi) is 3.56. The number of hydrogen-bond donors (Lipinski definition) is 3. The van der Waals surface area contributed by atoms with Crippen molar-refractivity contribution in [2.75, 3.05) is 5.32 Å². The van der Waals surface area contributed by atoms with Crippen LogP contribution in [0.3, 0.4) is 0 Å². The van der Waals surface area contributed by atoms with Gasteiger partial charge in [-0.2, -0.15) is 0 Å². The lowest BCUT2D eigenvalue weighted by Gasteiger charge is -2.08. The number of aromatic nitrogens is 1. The van der Waals surface area contributed by atoms with Gasteiger partial charge in [-0.3, -0.25) is 9.78 Å². The summed E-state index contributed by atoms with van der Waals surface area (Å²) in [7, 11) is 0. The SMILES string of the molecule is CC(=O)/C(Nc1cccnc1)=C(\N)C=N. The molecule has 0 unspecified atom stereocenters. The zero-order chi connectivity index (χ0) is 11.3. The van der Waals surface area contributed by atoms with Crippen molar-refractivity contribution in [3.8, 4) is 0 Å². The Hall–Kier alpha value is -2.17. The molecular formula is C10H12N4O. The van der Waals surface area contributed by atoms with Crippen LogP contribution in [0.15, 0.2) is 35.9 Å². The van der Waals surface area contributed by atoms with Crippen LogP contribution in [0.5, 0.6) is 0 Å². The third-order valence-electron chi connectivity index (χ3n) is 1.73. The van der Waals surface area contributed by atoms with Crippen LogP contribution in [0.25, 0.3) is 0 Å². The van der Waals surface area contributed by atoms with E-state index in [-0.39, 0.29) is 17.2 Å². The van der Waals surface area contributed by atoms with Gasteiger partial charge in [0.25, 0.3) is 0 Å². The number of carbonyl (C=O) groups excluding carboxylic acids is 1. The molecule has 78 valence electrons. The largest absolute Gasteiger partial charge is 0.396 e. The first-order valence-electron chi connectivity index (χ1n) is 4.33. The summed E-state index contributed by atoms with van der Waals surface area (Å²) in [4.78, 5) is 15.1. The molecule has 1 aromatic heterocycles. The Bertz CT molecular complexity index is 397. The lowest BCUT2D eigenvalue weighted by atomic mass is 10.2. The Morgan fingerprint density at radius 2 is 2.40 bits per heavy atom. The fourth-order valence-electron chi connectivity index (χ4n) is 1.02. The van der Waals surface area contributed by atoms with Crippen molar-refractivity contribution in [1.29, 1.82) is 5.41 Å². The van der Waals surface area contributed by atoms with E-state index < -0.39 is 0 Å². The second-order valence-electron chi connectivity index (χ2n) is 2.90. The van der Waals surface area contributed by atoms with Crippen LogP contribution in [0.4, 0.5) is 5.69 Å². The minimum absolute atomic E-state index is 0.103. The number of anilines is 1. The highest BCUT2D eigenvalue weighted by atomic mass is 16.1. The predicted octanol–water partition coefficient (Wildman–Crippen LogP) is 0.902. The van der Waals surface area contributed by atoms with Crippen molar-refractivity contribution in [3.63, 3.8) is 0 Å². The third-order valence-corrected chi connectivity index (χ3v) is 1.73. The molecule has 1 heterocycles. The fraction of sp³-hybridized carbons (Fsp3) is 0.100. The molecule has 0 atom stereocenters. The molecule has 0 radical (unpaired) electrons. The minimum atomic E-state index is -0.222. The summed E-state index contributed by atoms with van der Waals surface area (Å²) in [5.41, 5.74) is 6.47. The van der Waals surface area contributed by atoms with Crippen molar-refractivity contribution in [2.24, 2.45) is 5.73 Å². The first kappa shape index (κ1) is 10.9. The van der Waals surface area contributed by atoms with Crippen LogP contribution in [-0.4, -0.2) is 17.0 Å². The van der Waals surface area contributed by atoms with Gasteiger partial charge in [0.15, 0.2) is 5.78 Å². The van der Waals surface area contributed by atoms with E-state index in [1.165, 1.54) is 6.92 Å². The Morgan fingerprint density at radius 3 is 2.87 bits per heavy atom. The maximum Gasteiger partial charge on any atom is 0.178 e. The van der Waals surface area contributed by atoms with E-state index in [1.807, 2.05) is 0 Å². The van der Waals surface area contributed by atoms with Crippen LogP contribution in [0.1, 0.15) is 6.92 Å².